The molecule has 5 heterocycles. The van der Waals surface area contributed by atoms with Crippen LogP contribution in [0.25, 0.3) is 22.6 Å². The van der Waals surface area contributed by atoms with Crippen LogP contribution in [0, 0.1) is 0 Å². The molecule has 0 saturated carbocycles. The molecule has 1 aromatic carbocycles. The lowest BCUT2D eigenvalue weighted by atomic mass is 10.2. The van der Waals surface area contributed by atoms with Gasteiger partial charge in [0.05, 0.1) is 32.1 Å². The van der Waals surface area contributed by atoms with E-state index < -0.39 is 0 Å². The highest BCUT2D eigenvalue weighted by molar-refractivity contribution is 5.85. The molecule has 0 bridgehead atoms. The SMILES string of the molecule is c1ccc(-c2nc(NCCN3CCOCC3)c3nc(CCCN4CCOCC4)c(N4CCCC4)nc3n2)cc1. The fraction of sp³-hybridized carbons (Fsp3) is 0.586. The van der Waals surface area contributed by atoms with Gasteiger partial charge in [0.2, 0.25) is 0 Å². The molecule has 2 aromatic heterocycles. The predicted octanol–water partition coefficient (Wildman–Crippen LogP) is 2.70. The molecule has 10 nitrogen and oxygen atoms in total. The number of aryl methyl sites for hydroxylation is 1. The molecule has 3 fully saturated rings. The van der Waals surface area contributed by atoms with Crippen LogP contribution in [-0.2, 0) is 15.9 Å². The van der Waals surface area contributed by atoms with E-state index in [0.717, 1.165) is 127 Å². The lowest BCUT2D eigenvalue weighted by Crippen LogP contribution is -2.39. The predicted molar refractivity (Wildman–Crippen MR) is 153 cm³/mol. The van der Waals surface area contributed by atoms with Crippen LogP contribution in [0.15, 0.2) is 30.3 Å². The zero-order chi connectivity index (χ0) is 26.3. The van der Waals surface area contributed by atoms with Gasteiger partial charge in [0.1, 0.15) is 0 Å². The maximum atomic E-state index is 5.52. The molecular weight excluding hydrogens is 492 g/mol. The van der Waals surface area contributed by atoms with Gasteiger partial charge in [0.15, 0.2) is 28.6 Å². The Morgan fingerprint density at radius 3 is 2.15 bits per heavy atom. The molecule has 39 heavy (non-hydrogen) atoms. The van der Waals surface area contributed by atoms with E-state index in [4.69, 9.17) is 29.4 Å². The van der Waals surface area contributed by atoms with E-state index in [9.17, 15) is 0 Å². The number of rotatable bonds is 10. The number of fused-ring (bicyclic) bond motifs is 1. The summed E-state index contributed by atoms with van der Waals surface area (Å²) in [6, 6.07) is 10.2. The summed E-state index contributed by atoms with van der Waals surface area (Å²) in [7, 11) is 0. The molecule has 0 amide bonds. The summed E-state index contributed by atoms with van der Waals surface area (Å²) in [6.07, 6.45) is 4.32. The molecule has 0 aliphatic carbocycles. The molecule has 6 rings (SSSR count). The Balaban J connectivity index is 1.30. The van der Waals surface area contributed by atoms with Crippen LogP contribution < -0.4 is 10.2 Å². The van der Waals surface area contributed by atoms with E-state index in [1.165, 1.54) is 12.8 Å². The highest BCUT2D eigenvalue weighted by Gasteiger charge is 2.22. The number of aromatic nitrogens is 4. The molecule has 10 heteroatoms. The van der Waals surface area contributed by atoms with Crippen LogP contribution in [0.2, 0.25) is 0 Å². The first kappa shape index (κ1) is 26.3. The summed E-state index contributed by atoms with van der Waals surface area (Å²) >= 11 is 0. The number of hydrogen-bond donors (Lipinski definition) is 1. The molecule has 0 atom stereocenters. The first-order valence-electron chi connectivity index (χ1n) is 14.6. The second kappa shape index (κ2) is 13.0. The van der Waals surface area contributed by atoms with E-state index in [0.29, 0.717) is 11.5 Å². The number of anilines is 2. The Bertz CT molecular complexity index is 1210. The largest absolute Gasteiger partial charge is 0.379 e. The van der Waals surface area contributed by atoms with Crippen LogP contribution in [-0.4, -0.2) is 115 Å². The second-order valence-corrected chi connectivity index (χ2v) is 10.6. The van der Waals surface area contributed by atoms with Gasteiger partial charge in [-0.15, -0.1) is 0 Å². The van der Waals surface area contributed by atoms with Gasteiger partial charge in [-0.25, -0.2) is 19.9 Å². The zero-order valence-corrected chi connectivity index (χ0v) is 22.9. The fourth-order valence-electron chi connectivity index (χ4n) is 5.62. The quantitative estimate of drug-likeness (QED) is 0.420. The van der Waals surface area contributed by atoms with E-state index in [1.807, 2.05) is 30.3 Å². The third-order valence-corrected chi connectivity index (χ3v) is 7.84. The Morgan fingerprint density at radius 1 is 0.744 bits per heavy atom. The number of benzene rings is 1. The van der Waals surface area contributed by atoms with Gasteiger partial charge < -0.3 is 19.7 Å². The molecule has 3 aromatic rings. The van der Waals surface area contributed by atoms with Gasteiger partial charge in [-0.1, -0.05) is 30.3 Å². The van der Waals surface area contributed by atoms with Gasteiger partial charge in [-0.05, 0) is 32.2 Å². The van der Waals surface area contributed by atoms with Crippen LogP contribution in [0.3, 0.4) is 0 Å². The maximum Gasteiger partial charge on any atom is 0.186 e. The highest BCUT2D eigenvalue weighted by atomic mass is 16.5. The molecule has 3 aliphatic rings. The number of hydrogen-bond acceptors (Lipinski definition) is 10. The zero-order valence-electron chi connectivity index (χ0n) is 22.9. The summed E-state index contributed by atoms with van der Waals surface area (Å²) in [5, 5.41) is 3.60. The Kier molecular flexibility index (Phi) is 8.74. The van der Waals surface area contributed by atoms with E-state index in [1.54, 1.807) is 0 Å². The number of ether oxygens (including phenoxy) is 2. The molecule has 3 aliphatic heterocycles. The molecule has 3 saturated heterocycles. The Morgan fingerprint density at radius 2 is 1.44 bits per heavy atom. The Hall–Kier alpha value is -2.92. The second-order valence-electron chi connectivity index (χ2n) is 10.6. The topological polar surface area (TPSA) is 91.8 Å². The molecule has 0 radical (unpaired) electrons. The smallest absolute Gasteiger partial charge is 0.186 e. The average molecular weight is 533 g/mol. The van der Waals surface area contributed by atoms with Crippen molar-refractivity contribution in [1.82, 2.24) is 29.7 Å². The fourth-order valence-corrected chi connectivity index (χ4v) is 5.62. The average Bonchev–Trinajstić information content (AvgIpc) is 3.53. The van der Waals surface area contributed by atoms with Crippen molar-refractivity contribution in [3.05, 3.63) is 36.0 Å². The van der Waals surface area contributed by atoms with Crippen molar-refractivity contribution in [3.8, 4) is 11.4 Å². The summed E-state index contributed by atoms with van der Waals surface area (Å²) in [4.78, 5) is 27.6. The van der Waals surface area contributed by atoms with E-state index >= 15 is 0 Å². The first-order chi connectivity index (χ1) is 19.3. The summed E-state index contributed by atoms with van der Waals surface area (Å²) < 4.78 is 11.0. The van der Waals surface area contributed by atoms with Crippen LogP contribution in [0.5, 0.6) is 0 Å². The van der Waals surface area contributed by atoms with Crippen molar-refractivity contribution in [2.24, 2.45) is 0 Å². The number of nitrogens with one attached hydrogen (secondary N) is 1. The Labute approximate surface area is 230 Å². The third kappa shape index (κ3) is 6.63. The van der Waals surface area contributed by atoms with Gasteiger partial charge in [0.25, 0.3) is 0 Å². The molecular formula is C29H40N8O2. The van der Waals surface area contributed by atoms with Crippen molar-refractivity contribution < 1.29 is 9.47 Å². The first-order valence-corrected chi connectivity index (χ1v) is 14.6. The molecule has 208 valence electrons. The normalized spacial score (nSPS) is 19.1. The highest BCUT2D eigenvalue weighted by Crippen LogP contribution is 2.29. The van der Waals surface area contributed by atoms with Crippen molar-refractivity contribution in [1.29, 1.82) is 0 Å². The van der Waals surface area contributed by atoms with Gasteiger partial charge in [-0.3, -0.25) is 9.80 Å². The van der Waals surface area contributed by atoms with Crippen molar-refractivity contribution >= 4 is 22.8 Å². The monoisotopic (exact) mass is 532 g/mol. The van der Waals surface area contributed by atoms with Crippen molar-refractivity contribution in [2.45, 2.75) is 25.7 Å². The summed E-state index contributed by atoms with van der Waals surface area (Å²) in [6.45, 7) is 12.0. The van der Waals surface area contributed by atoms with E-state index in [-0.39, 0.29) is 0 Å². The molecule has 0 unspecified atom stereocenters. The van der Waals surface area contributed by atoms with Gasteiger partial charge in [0, 0.05) is 57.9 Å². The van der Waals surface area contributed by atoms with Gasteiger partial charge in [-0.2, -0.15) is 0 Å². The van der Waals surface area contributed by atoms with Crippen LogP contribution in [0.4, 0.5) is 11.6 Å². The third-order valence-electron chi connectivity index (χ3n) is 7.84. The minimum atomic E-state index is 0.663. The minimum absolute atomic E-state index is 0.663. The standard InChI is InChI=1S/C29H40N8O2/c1-2-7-23(8-3-1)26-32-27(30-10-14-36-17-21-39-22-18-36)25-28(33-26)34-29(37-12-4-5-13-37)24(31-25)9-6-11-35-15-19-38-20-16-35/h1-3,7-8H,4-6,9-22H2,(H,30,32,33,34). The van der Waals surface area contributed by atoms with Crippen molar-refractivity contribution in [3.63, 3.8) is 0 Å². The lowest BCUT2D eigenvalue weighted by molar-refractivity contribution is 0.0374. The number of nitrogens with zero attached hydrogens (tertiary/aromatic N) is 7. The van der Waals surface area contributed by atoms with E-state index in [2.05, 4.69) is 20.0 Å². The summed E-state index contributed by atoms with van der Waals surface area (Å²) in [5.74, 6) is 2.44. The van der Waals surface area contributed by atoms with Crippen molar-refractivity contribution in [2.75, 3.05) is 95.5 Å². The summed E-state index contributed by atoms with van der Waals surface area (Å²) in [5.41, 5.74) is 3.47. The minimum Gasteiger partial charge on any atom is -0.379 e. The molecule has 0 spiro atoms. The molecule has 1 N–H and O–H groups in total. The maximum absolute atomic E-state index is 5.52. The van der Waals surface area contributed by atoms with Crippen LogP contribution in [0.1, 0.15) is 25.0 Å². The van der Waals surface area contributed by atoms with Crippen LogP contribution >= 0.6 is 0 Å². The number of morpholine rings is 2. The lowest BCUT2D eigenvalue weighted by Gasteiger charge is -2.27. The van der Waals surface area contributed by atoms with Gasteiger partial charge >= 0.3 is 0 Å².